The molecule has 0 aliphatic carbocycles. The Bertz CT molecular complexity index is 492. The van der Waals surface area contributed by atoms with E-state index in [1.54, 1.807) is 0 Å². The van der Waals surface area contributed by atoms with Gasteiger partial charge in [0.15, 0.2) is 0 Å². The normalized spacial score (nSPS) is 23.1. The third-order valence-corrected chi connectivity index (χ3v) is 4.31. The number of hydrogen-bond donors (Lipinski definition) is 2. The average molecular weight is 309 g/mol. The van der Waals surface area contributed by atoms with E-state index in [-0.39, 0.29) is 24.6 Å². The first kappa shape index (κ1) is 15.2. The number of aromatic amines is 1. The lowest BCUT2D eigenvalue weighted by Gasteiger charge is -2.31. The first-order valence-corrected chi connectivity index (χ1v) is 7.87. The summed E-state index contributed by atoms with van der Waals surface area (Å²) < 4.78 is 11.0. The number of carbonyl (C=O) groups is 1. The molecule has 3 rings (SSSR count). The molecule has 3 heterocycles. The molecule has 0 radical (unpaired) electrons. The van der Waals surface area contributed by atoms with Gasteiger partial charge < -0.3 is 20.1 Å². The standard InChI is InChI=1S/C14H23N5O3/c15-14-16-13(17-18-14)10-3-5-19(6-4-10)12(20)9-21-8-11-2-1-7-22-11/h10-11H,1-9H2,(H3,15,16,17,18)/t11-/m1/s1. The second kappa shape index (κ2) is 7.06. The highest BCUT2D eigenvalue weighted by atomic mass is 16.5. The minimum absolute atomic E-state index is 0.0496. The first-order chi connectivity index (χ1) is 10.7. The van der Waals surface area contributed by atoms with E-state index in [9.17, 15) is 4.79 Å². The molecule has 0 unspecified atom stereocenters. The number of nitrogens with zero attached hydrogens (tertiary/aromatic N) is 3. The third-order valence-electron chi connectivity index (χ3n) is 4.31. The van der Waals surface area contributed by atoms with E-state index in [0.717, 1.165) is 38.1 Å². The second-order valence-corrected chi connectivity index (χ2v) is 5.88. The predicted octanol–water partition coefficient (Wildman–Crippen LogP) is 0.288. The van der Waals surface area contributed by atoms with Gasteiger partial charge in [-0.15, -0.1) is 5.10 Å². The molecule has 2 aliphatic rings. The minimum atomic E-state index is 0.0496. The van der Waals surface area contributed by atoms with Crippen molar-refractivity contribution >= 4 is 11.9 Å². The maximum atomic E-state index is 12.1. The van der Waals surface area contributed by atoms with Crippen molar-refractivity contribution in [2.75, 3.05) is 38.6 Å². The molecule has 1 atom stereocenters. The molecule has 8 heteroatoms. The van der Waals surface area contributed by atoms with Gasteiger partial charge >= 0.3 is 0 Å². The molecule has 1 aromatic heterocycles. The van der Waals surface area contributed by atoms with Crippen LogP contribution in [0.1, 0.15) is 37.4 Å². The van der Waals surface area contributed by atoms with Crippen LogP contribution in [0, 0.1) is 0 Å². The number of amides is 1. The van der Waals surface area contributed by atoms with Crippen molar-refractivity contribution in [3.05, 3.63) is 5.82 Å². The summed E-state index contributed by atoms with van der Waals surface area (Å²) in [5.74, 6) is 1.44. The smallest absolute Gasteiger partial charge is 0.248 e. The number of piperidine rings is 1. The molecule has 3 N–H and O–H groups in total. The van der Waals surface area contributed by atoms with Gasteiger partial charge in [0, 0.05) is 25.6 Å². The minimum Gasteiger partial charge on any atom is -0.376 e. The van der Waals surface area contributed by atoms with E-state index >= 15 is 0 Å². The Hall–Kier alpha value is -1.67. The van der Waals surface area contributed by atoms with Crippen LogP contribution < -0.4 is 5.73 Å². The van der Waals surface area contributed by atoms with Crippen molar-refractivity contribution in [3.8, 4) is 0 Å². The summed E-state index contributed by atoms with van der Waals surface area (Å²) in [5, 5.41) is 6.71. The highest BCUT2D eigenvalue weighted by Gasteiger charge is 2.26. The molecule has 122 valence electrons. The van der Waals surface area contributed by atoms with Gasteiger partial charge in [-0.1, -0.05) is 0 Å². The van der Waals surface area contributed by atoms with Gasteiger partial charge in [-0.05, 0) is 25.7 Å². The van der Waals surface area contributed by atoms with E-state index in [0.29, 0.717) is 25.6 Å². The molecular formula is C14H23N5O3. The summed E-state index contributed by atoms with van der Waals surface area (Å²) in [6.07, 6.45) is 4.01. The Morgan fingerprint density at radius 2 is 2.23 bits per heavy atom. The zero-order valence-electron chi connectivity index (χ0n) is 12.7. The zero-order valence-corrected chi connectivity index (χ0v) is 12.7. The molecule has 2 aliphatic heterocycles. The topological polar surface area (TPSA) is 106 Å². The number of rotatable bonds is 5. The number of H-pyrrole nitrogens is 1. The molecular weight excluding hydrogens is 286 g/mol. The maximum Gasteiger partial charge on any atom is 0.248 e. The molecule has 22 heavy (non-hydrogen) atoms. The molecule has 8 nitrogen and oxygen atoms in total. The number of nitrogens with two attached hydrogens (primary N) is 1. The number of hydrogen-bond acceptors (Lipinski definition) is 6. The second-order valence-electron chi connectivity index (χ2n) is 5.88. The van der Waals surface area contributed by atoms with Gasteiger partial charge in [0.2, 0.25) is 11.9 Å². The van der Waals surface area contributed by atoms with E-state index < -0.39 is 0 Å². The van der Waals surface area contributed by atoms with Crippen molar-refractivity contribution in [1.82, 2.24) is 20.1 Å². The summed E-state index contributed by atoms with van der Waals surface area (Å²) >= 11 is 0. The van der Waals surface area contributed by atoms with E-state index in [2.05, 4.69) is 15.2 Å². The number of nitrogens with one attached hydrogen (secondary N) is 1. The Kier molecular flexibility index (Phi) is 4.89. The molecule has 0 bridgehead atoms. The maximum absolute atomic E-state index is 12.1. The fourth-order valence-electron chi connectivity index (χ4n) is 3.02. The predicted molar refractivity (Wildman–Crippen MR) is 79.1 cm³/mol. The lowest BCUT2D eigenvalue weighted by atomic mass is 9.96. The molecule has 1 amide bonds. The van der Waals surface area contributed by atoms with Gasteiger partial charge in [-0.3, -0.25) is 9.89 Å². The Morgan fingerprint density at radius 1 is 1.41 bits per heavy atom. The van der Waals surface area contributed by atoms with Crippen LogP contribution in [-0.2, 0) is 14.3 Å². The quantitative estimate of drug-likeness (QED) is 0.809. The van der Waals surface area contributed by atoms with Crippen molar-refractivity contribution in [2.45, 2.75) is 37.7 Å². The van der Waals surface area contributed by atoms with E-state index in [1.807, 2.05) is 4.90 Å². The summed E-state index contributed by atoms with van der Waals surface area (Å²) in [5.41, 5.74) is 5.52. The fraction of sp³-hybridized carbons (Fsp3) is 0.786. The largest absolute Gasteiger partial charge is 0.376 e. The Balaban J connectivity index is 1.38. The fourth-order valence-corrected chi connectivity index (χ4v) is 3.02. The summed E-state index contributed by atoms with van der Waals surface area (Å²) in [4.78, 5) is 18.1. The molecule has 2 saturated heterocycles. The lowest BCUT2D eigenvalue weighted by molar-refractivity contribution is -0.138. The molecule has 1 aromatic rings. The highest BCUT2D eigenvalue weighted by molar-refractivity contribution is 5.77. The van der Waals surface area contributed by atoms with Crippen LogP contribution in [0.15, 0.2) is 0 Å². The van der Waals surface area contributed by atoms with Crippen molar-refractivity contribution in [1.29, 1.82) is 0 Å². The Labute approximate surface area is 129 Å². The van der Waals surface area contributed by atoms with Crippen LogP contribution in [0.4, 0.5) is 5.95 Å². The van der Waals surface area contributed by atoms with E-state index in [1.165, 1.54) is 0 Å². The van der Waals surface area contributed by atoms with Crippen LogP contribution >= 0.6 is 0 Å². The van der Waals surface area contributed by atoms with Crippen molar-refractivity contribution in [2.24, 2.45) is 0 Å². The summed E-state index contributed by atoms with van der Waals surface area (Å²) in [6.45, 7) is 2.89. The van der Waals surface area contributed by atoms with Crippen LogP contribution in [0.3, 0.4) is 0 Å². The van der Waals surface area contributed by atoms with Gasteiger partial charge in [0.1, 0.15) is 12.4 Å². The molecule has 0 spiro atoms. The van der Waals surface area contributed by atoms with Gasteiger partial charge in [0.25, 0.3) is 0 Å². The number of likely N-dealkylation sites (tertiary alicyclic amines) is 1. The van der Waals surface area contributed by atoms with Gasteiger partial charge in [0.05, 0.1) is 12.7 Å². The number of carbonyl (C=O) groups excluding carboxylic acids is 1. The van der Waals surface area contributed by atoms with Crippen molar-refractivity contribution < 1.29 is 14.3 Å². The Morgan fingerprint density at radius 3 is 2.86 bits per heavy atom. The zero-order chi connectivity index (χ0) is 15.4. The molecule has 2 fully saturated rings. The van der Waals surface area contributed by atoms with Crippen LogP contribution in [0.2, 0.25) is 0 Å². The summed E-state index contributed by atoms with van der Waals surface area (Å²) in [7, 11) is 0. The number of anilines is 1. The van der Waals surface area contributed by atoms with Gasteiger partial charge in [-0.2, -0.15) is 4.98 Å². The average Bonchev–Trinajstić information content (AvgIpc) is 3.19. The third kappa shape index (κ3) is 3.75. The number of nitrogen functional groups attached to an aromatic ring is 1. The summed E-state index contributed by atoms with van der Waals surface area (Å²) in [6, 6.07) is 0. The monoisotopic (exact) mass is 309 g/mol. The first-order valence-electron chi connectivity index (χ1n) is 7.87. The van der Waals surface area contributed by atoms with Gasteiger partial charge in [-0.25, -0.2) is 0 Å². The highest BCUT2D eigenvalue weighted by Crippen LogP contribution is 2.25. The van der Waals surface area contributed by atoms with Crippen LogP contribution in [-0.4, -0.2) is 65.0 Å². The van der Waals surface area contributed by atoms with Crippen LogP contribution in [0.5, 0.6) is 0 Å². The molecule has 0 saturated carbocycles. The SMILES string of the molecule is Nc1n[nH]c(C2CCN(C(=O)COC[C@H]3CCCO3)CC2)n1. The van der Waals surface area contributed by atoms with E-state index in [4.69, 9.17) is 15.2 Å². The lowest BCUT2D eigenvalue weighted by Crippen LogP contribution is -2.40. The number of aromatic nitrogens is 3. The van der Waals surface area contributed by atoms with Crippen LogP contribution in [0.25, 0.3) is 0 Å². The number of ether oxygens (including phenoxy) is 2. The molecule has 0 aromatic carbocycles. The van der Waals surface area contributed by atoms with Crippen molar-refractivity contribution in [3.63, 3.8) is 0 Å².